The van der Waals surface area contributed by atoms with E-state index < -0.39 is 10.0 Å². The van der Waals surface area contributed by atoms with Crippen LogP contribution < -0.4 is 10.5 Å². The van der Waals surface area contributed by atoms with E-state index in [4.69, 9.17) is 5.73 Å². The highest BCUT2D eigenvalue weighted by Gasteiger charge is 2.26. The van der Waals surface area contributed by atoms with Gasteiger partial charge in [-0.3, -0.25) is 4.68 Å². The van der Waals surface area contributed by atoms with Crippen LogP contribution in [0.4, 0.5) is 5.82 Å². The van der Waals surface area contributed by atoms with Gasteiger partial charge in [0.2, 0.25) is 10.0 Å². The summed E-state index contributed by atoms with van der Waals surface area (Å²) in [5, 5.41) is 3.97. The summed E-state index contributed by atoms with van der Waals surface area (Å²) in [6.07, 6.45) is 3.11. The minimum Gasteiger partial charge on any atom is -0.381 e. The molecule has 0 atom stereocenters. The Bertz CT molecular complexity index is 531. The van der Waals surface area contributed by atoms with E-state index in [-0.39, 0.29) is 16.8 Å². The minimum atomic E-state index is -3.57. The van der Waals surface area contributed by atoms with Gasteiger partial charge < -0.3 is 10.6 Å². The van der Waals surface area contributed by atoms with Crippen molar-refractivity contribution in [2.75, 3.05) is 25.9 Å². The first-order valence-electron chi connectivity index (χ1n) is 6.46. The van der Waals surface area contributed by atoms with E-state index in [0.29, 0.717) is 6.54 Å². The van der Waals surface area contributed by atoms with Crippen LogP contribution in [-0.2, 0) is 16.6 Å². The second-order valence-electron chi connectivity index (χ2n) is 4.93. The summed E-state index contributed by atoms with van der Waals surface area (Å²) in [6, 6.07) is -0.0226. The van der Waals surface area contributed by atoms with Gasteiger partial charge in [0.05, 0.1) is 0 Å². The van der Waals surface area contributed by atoms with Gasteiger partial charge in [0.25, 0.3) is 0 Å². The van der Waals surface area contributed by atoms with Crippen LogP contribution in [0.3, 0.4) is 0 Å². The topological polar surface area (TPSA) is 93.2 Å². The summed E-state index contributed by atoms with van der Waals surface area (Å²) in [5.41, 5.74) is 5.67. The molecule has 7 nitrogen and oxygen atoms in total. The van der Waals surface area contributed by atoms with Gasteiger partial charge in [-0.2, -0.15) is 5.10 Å². The zero-order valence-electron chi connectivity index (χ0n) is 11.3. The number of nitrogens with two attached hydrogens (primary N) is 1. The van der Waals surface area contributed by atoms with Crippen LogP contribution in [0.2, 0.25) is 0 Å². The lowest BCUT2D eigenvalue weighted by molar-refractivity contribution is 0.248. The van der Waals surface area contributed by atoms with E-state index >= 15 is 0 Å². The summed E-state index contributed by atoms with van der Waals surface area (Å²) in [6.45, 7) is 4.27. The lowest BCUT2D eigenvalue weighted by Crippen LogP contribution is -2.43. The number of likely N-dealkylation sites (tertiary alicyclic amines) is 1. The molecule has 0 aromatic carbocycles. The first-order chi connectivity index (χ1) is 8.92. The highest BCUT2D eigenvalue weighted by molar-refractivity contribution is 7.89. The Morgan fingerprint density at radius 1 is 1.47 bits per heavy atom. The number of piperidine rings is 1. The van der Waals surface area contributed by atoms with Crippen LogP contribution in [-0.4, -0.2) is 49.3 Å². The second kappa shape index (κ2) is 5.48. The van der Waals surface area contributed by atoms with Crippen molar-refractivity contribution < 1.29 is 8.42 Å². The van der Waals surface area contributed by atoms with Gasteiger partial charge in [0.15, 0.2) is 5.82 Å². The number of aryl methyl sites for hydroxylation is 1. The van der Waals surface area contributed by atoms with E-state index in [1.165, 1.54) is 10.9 Å². The van der Waals surface area contributed by atoms with E-state index in [0.717, 1.165) is 25.9 Å². The third kappa shape index (κ3) is 3.26. The smallest absolute Gasteiger partial charge is 0.246 e. The Morgan fingerprint density at radius 3 is 2.63 bits per heavy atom. The third-order valence-electron chi connectivity index (χ3n) is 3.41. The van der Waals surface area contributed by atoms with Crippen molar-refractivity contribution in [3.05, 3.63) is 6.20 Å². The molecule has 0 bridgehead atoms. The minimum absolute atomic E-state index is 0.0226. The molecule has 0 unspecified atom stereocenters. The monoisotopic (exact) mass is 287 g/mol. The molecule has 19 heavy (non-hydrogen) atoms. The van der Waals surface area contributed by atoms with Gasteiger partial charge in [-0.05, 0) is 39.9 Å². The number of nitrogens with one attached hydrogen (secondary N) is 1. The summed E-state index contributed by atoms with van der Waals surface area (Å²) in [7, 11) is -1.54. The highest BCUT2D eigenvalue weighted by atomic mass is 32.2. The molecule has 0 spiro atoms. The van der Waals surface area contributed by atoms with Crippen molar-refractivity contribution in [2.24, 2.45) is 0 Å². The molecule has 1 aliphatic rings. The third-order valence-corrected chi connectivity index (χ3v) is 4.95. The summed E-state index contributed by atoms with van der Waals surface area (Å²) in [4.78, 5) is 2.27. The Labute approximate surface area is 113 Å². The van der Waals surface area contributed by atoms with Gasteiger partial charge in [0, 0.05) is 18.8 Å². The number of hydrogen-bond acceptors (Lipinski definition) is 5. The number of nitrogen functional groups attached to an aromatic ring is 1. The number of sulfonamides is 1. The van der Waals surface area contributed by atoms with Crippen molar-refractivity contribution in [1.82, 2.24) is 19.4 Å². The lowest BCUT2D eigenvalue weighted by Gasteiger charge is -2.29. The molecule has 0 saturated carbocycles. The average molecular weight is 287 g/mol. The zero-order chi connectivity index (χ0) is 14.0. The van der Waals surface area contributed by atoms with Gasteiger partial charge >= 0.3 is 0 Å². The molecule has 1 aromatic heterocycles. The number of aromatic nitrogens is 2. The average Bonchev–Trinajstić information content (AvgIpc) is 2.74. The van der Waals surface area contributed by atoms with Gasteiger partial charge in [-0.1, -0.05) is 0 Å². The standard InChI is InChI=1S/C11H21N5O2S/c1-3-16-8-10(11(12)13-16)19(17,18)14-9-4-6-15(2)7-5-9/h8-9,14H,3-7H2,1-2H3,(H2,12,13). The molecule has 1 aromatic rings. The van der Waals surface area contributed by atoms with Crippen molar-refractivity contribution in [3.8, 4) is 0 Å². The Morgan fingerprint density at radius 2 is 2.11 bits per heavy atom. The molecule has 108 valence electrons. The van der Waals surface area contributed by atoms with Crippen LogP contribution >= 0.6 is 0 Å². The molecule has 8 heteroatoms. The Hall–Kier alpha value is -1.12. The molecular formula is C11H21N5O2S. The SMILES string of the molecule is CCn1cc(S(=O)(=O)NC2CCN(C)CC2)c(N)n1. The predicted octanol–water partition coefficient (Wildman–Crippen LogP) is -0.142. The van der Waals surface area contributed by atoms with E-state index in [1.807, 2.05) is 14.0 Å². The van der Waals surface area contributed by atoms with Crippen LogP contribution in [0.5, 0.6) is 0 Å². The van der Waals surface area contributed by atoms with Crippen molar-refractivity contribution >= 4 is 15.8 Å². The quantitative estimate of drug-likeness (QED) is 0.804. The molecule has 3 N–H and O–H groups in total. The van der Waals surface area contributed by atoms with Crippen molar-refractivity contribution in [3.63, 3.8) is 0 Å². The molecule has 0 amide bonds. The first-order valence-corrected chi connectivity index (χ1v) is 7.94. The number of hydrogen-bond donors (Lipinski definition) is 2. The number of anilines is 1. The largest absolute Gasteiger partial charge is 0.381 e. The maximum Gasteiger partial charge on any atom is 0.246 e. The molecule has 1 fully saturated rings. The van der Waals surface area contributed by atoms with Crippen LogP contribution in [0.15, 0.2) is 11.1 Å². The van der Waals surface area contributed by atoms with Crippen molar-refractivity contribution in [1.29, 1.82) is 0 Å². The van der Waals surface area contributed by atoms with Crippen LogP contribution in [0.1, 0.15) is 19.8 Å². The fourth-order valence-corrected chi connectivity index (χ4v) is 3.57. The zero-order valence-corrected chi connectivity index (χ0v) is 12.2. The Kier molecular flexibility index (Phi) is 4.12. The summed E-state index contributed by atoms with van der Waals surface area (Å²) >= 11 is 0. The molecule has 1 saturated heterocycles. The first kappa shape index (κ1) is 14.3. The fourth-order valence-electron chi connectivity index (χ4n) is 2.20. The van der Waals surface area contributed by atoms with Gasteiger partial charge in [-0.15, -0.1) is 0 Å². The lowest BCUT2D eigenvalue weighted by atomic mass is 10.1. The van der Waals surface area contributed by atoms with Crippen molar-refractivity contribution in [2.45, 2.75) is 37.2 Å². The van der Waals surface area contributed by atoms with E-state index in [1.54, 1.807) is 0 Å². The molecular weight excluding hydrogens is 266 g/mol. The van der Waals surface area contributed by atoms with Crippen LogP contribution in [0, 0.1) is 0 Å². The van der Waals surface area contributed by atoms with E-state index in [9.17, 15) is 8.42 Å². The fraction of sp³-hybridized carbons (Fsp3) is 0.727. The maximum atomic E-state index is 12.3. The molecule has 2 rings (SSSR count). The van der Waals surface area contributed by atoms with Crippen LogP contribution in [0.25, 0.3) is 0 Å². The predicted molar refractivity (Wildman–Crippen MR) is 73.2 cm³/mol. The number of rotatable bonds is 4. The van der Waals surface area contributed by atoms with Gasteiger partial charge in [0.1, 0.15) is 4.90 Å². The molecule has 0 radical (unpaired) electrons. The molecule has 1 aliphatic heterocycles. The molecule has 2 heterocycles. The summed E-state index contributed by atoms with van der Waals surface area (Å²) < 4.78 is 28.8. The number of nitrogens with zero attached hydrogens (tertiary/aromatic N) is 3. The van der Waals surface area contributed by atoms with E-state index in [2.05, 4.69) is 14.7 Å². The highest BCUT2D eigenvalue weighted by Crippen LogP contribution is 2.18. The maximum absolute atomic E-state index is 12.3. The summed E-state index contributed by atoms with van der Waals surface area (Å²) in [5.74, 6) is 0.0577. The normalized spacial score (nSPS) is 18.8. The molecule has 0 aliphatic carbocycles. The van der Waals surface area contributed by atoms with Gasteiger partial charge in [-0.25, -0.2) is 13.1 Å². The second-order valence-corrected chi connectivity index (χ2v) is 6.62. The Balaban J connectivity index is 2.11.